The van der Waals surface area contributed by atoms with Gasteiger partial charge in [-0.1, -0.05) is 0 Å². The first-order valence-electron chi connectivity index (χ1n) is 8.49. The van der Waals surface area contributed by atoms with Gasteiger partial charge < -0.3 is 20.1 Å². The molecule has 1 aromatic heterocycles. The summed E-state index contributed by atoms with van der Waals surface area (Å²) in [6.45, 7) is 0. The Morgan fingerprint density at radius 3 is 2.64 bits per heavy atom. The second-order valence-electron chi connectivity index (χ2n) is 6.87. The number of aromatic nitrogens is 1. The van der Waals surface area contributed by atoms with Crippen molar-refractivity contribution in [2.45, 2.75) is 50.3 Å². The number of hydrogen-bond donors (Lipinski definition) is 2. The Morgan fingerprint density at radius 2 is 2.04 bits per heavy atom. The summed E-state index contributed by atoms with van der Waals surface area (Å²) in [5, 5.41) is 9.31. The van der Waals surface area contributed by atoms with Crippen LogP contribution in [-0.4, -0.2) is 27.8 Å². The Kier molecular flexibility index (Phi) is 3.76. The molecule has 1 heterocycles. The van der Waals surface area contributed by atoms with Gasteiger partial charge in [0.05, 0.1) is 5.52 Å². The smallest absolute Gasteiger partial charge is 0.341 e. The maximum Gasteiger partial charge on any atom is 0.341 e. The number of ether oxygens (including phenoxy) is 1. The molecule has 4 rings (SSSR count). The monoisotopic (exact) mass is 346 g/mol. The van der Waals surface area contributed by atoms with Crippen molar-refractivity contribution in [1.82, 2.24) is 4.57 Å². The lowest BCUT2D eigenvalue weighted by atomic mass is 10.1. The molecule has 25 heavy (non-hydrogen) atoms. The van der Waals surface area contributed by atoms with E-state index in [1.165, 1.54) is 12.3 Å². The molecule has 6 nitrogen and oxygen atoms in total. The average molecular weight is 346 g/mol. The molecule has 7 heteroatoms. The molecule has 2 aliphatic carbocycles. The average Bonchev–Trinajstić information content (AvgIpc) is 3.33. The summed E-state index contributed by atoms with van der Waals surface area (Å²) in [6, 6.07) is 2.59. The summed E-state index contributed by atoms with van der Waals surface area (Å²) in [4.78, 5) is 23.7. The van der Waals surface area contributed by atoms with Gasteiger partial charge >= 0.3 is 5.97 Å². The van der Waals surface area contributed by atoms with Crippen LogP contribution in [0.3, 0.4) is 0 Å². The summed E-state index contributed by atoms with van der Waals surface area (Å²) in [5.74, 6) is -1.92. The third-order valence-electron chi connectivity index (χ3n) is 5.04. The van der Waals surface area contributed by atoms with Crippen LogP contribution in [0, 0.1) is 5.82 Å². The third-order valence-corrected chi connectivity index (χ3v) is 5.04. The molecule has 1 aromatic carbocycles. The number of halogens is 1. The van der Waals surface area contributed by atoms with Gasteiger partial charge in [-0.25, -0.2) is 9.18 Å². The van der Waals surface area contributed by atoms with Crippen LogP contribution in [0.4, 0.5) is 4.39 Å². The molecular weight excluding hydrogens is 327 g/mol. The molecule has 2 aromatic rings. The number of nitrogens with zero attached hydrogens (tertiary/aromatic N) is 1. The zero-order chi connectivity index (χ0) is 17.7. The second kappa shape index (κ2) is 5.84. The number of benzene rings is 1. The number of hydrogen-bond acceptors (Lipinski definition) is 4. The minimum atomic E-state index is -1.31. The van der Waals surface area contributed by atoms with E-state index in [1.807, 2.05) is 0 Å². The van der Waals surface area contributed by atoms with Crippen LogP contribution < -0.4 is 15.9 Å². The number of carboxylic acids is 1. The lowest BCUT2D eigenvalue weighted by molar-refractivity contribution is 0.0695. The van der Waals surface area contributed by atoms with Gasteiger partial charge in [0.1, 0.15) is 11.7 Å². The largest absolute Gasteiger partial charge is 0.486 e. The molecule has 2 fully saturated rings. The lowest BCUT2D eigenvalue weighted by Crippen LogP contribution is -2.33. The molecule has 0 saturated heterocycles. The van der Waals surface area contributed by atoms with Gasteiger partial charge in [0.25, 0.3) is 0 Å². The zero-order valence-electron chi connectivity index (χ0n) is 13.6. The van der Waals surface area contributed by atoms with Gasteiger partial charge in [-0.3, -0.25) is 4.79 Å². The van der Waals surface area contributed by atoms with Gasteiger partial charge in [-0.05, 0) is 38.2 Å². The number of fused-ring (bicyclic) bond motifs is 1. The van der Waals surface area contributed by atoms with Crippen LogP contribution in [0.2, 0.25) is 0 Å². The molecule has 0 spiro atoms. The van der Waals surface area contributed by atoms with E-state index in [9.17, 15) is 19.1 Å². The van der Waals surface area contributed by atoms with E-state index < -0.39 is 17.2 Å². The van der Waals surface area contributed by atoms with Crippen LogP contribution in [-0.2, 0) is 0 Å². The van der Waals surface area contributed by atoms with E-state index in [0.29, 0.717) is 5.52 Å². The predicted molar refractivity (Wildman–Crippen MR) is 89.6 cm³/mol. The zero-order valence-corrected chi connectivity index (χ0v) is 13.6. The lowest BCUT2D eigenvalue weighted by Gasteiger charge is -2.19. The number of carboxylic acid groups (broad SMARTS) is 1. The highest BCUT2D eigenvalue weighted by molar-refractivity contribution is 5.93. The minimum Gasteiger partial charge on any atom is -0.486 e. The highest BCUT2D eigenvalue weighted by Crippen LogP contribution is 2.38. The molecule has 2 saturated carbocycles. The Bertz CT molecular complexity index is 919. The van der Waals surface area contributed by atoms with E-state index in [2.05, 4.69) is 0 Å². The van der Waals surface area contributed by atoms with Crippen molar-refractivity contribution in [3.05, 3.63) is 39.9 Å². The second-order valence-corrected chi connectivity index (χ2v) is 6.87. The van der Waals surface area contributed by atoms with Gasteiger partial charge in [-0.2, -0.15) is 0 Å². The van der Waals surface area contributed by atoms with Crippen molar-refractivity contribution in [1.29, 1.82) is 0 Å². The summed E-state index contributed by atoms with van der Waals surface area (Å²) in [7, 11) is 0. The van der Waals surface area contributed by atoms with Gasteiger partial charge in [0.15, 0.2) is 11.6 Å². The molecule has 0 unspecified atom stereocenters. The SMILES string of the molecule is N[C@@H]1CCC[C@H]1Oc1cc2c(cc1F)c(=O)c(C(=O)O)cn2C1CC1. The molecule has 0 aliphatic heterocycles. The Hall–Kier alpha value is -2.41. The van der Waals surface area contributed by atoms with Crippen LogP contribution in [0.1, 0.15) is 48.5 Å². The third kappa shape index (κ3) is 2.78. The van der Waals surface area contributed by atoms with Gasteiger partial charge in [0.2, 0.25) is 5.43 Å². The van der Waals surface area contributed by atoms with Crippen LogP contribution in [0.5, 0.6) is 5.75 Å². The highest BCUT2D eigenvalue weighted by atomic mass is 19.1. The predicted octanol–water partition coefficient (Wildman–Crippen LogP) is 2.43. The molecule has 2 aliphatic rings. The molecular formula is C18H19FN2O4. The van der Waals surface area contributed by atoms with Gasteiger partial charge in [0, 0.05) is 29.7 Å². The highest BCUT2D eigenvalue weighted by Gasteiger charge is 2.29. The van der Waals surface area contributed by atoms with Crippen molar-refractivity contribution in [3.63, 3.8) is 0 Å². The van der Waals surface area contributed by atoms with E-state index in [0.717, 1.165) is 38.2 Å². The first-order valence-corrected chi connectivity index (χ1v) is 8.49. The molecule has 2 atom stereocenters. The van der Waals surface area contributed by atoms with Crippen molar-refractivity contribution < 1.29 is 19.0 Å². The first-order chi connectivity index (χ1) is 12.0. The fourth-order valence-electron chi connectivity index (χ4n) is 3.51. The van der Waals surface area contributed by atoms with Crippen molar-refractivity contribution >= 4 is 16.9 Å². The van der Waals surface area contributed by atoms with Crippen molar-refractivity contribution in [2.75, 3.05) is 0 Å². The number of aromatic carboxylic acids is 1. The van der Waals surface area contributed by atoms with E-state index >= 15 is 0 Å². The topological polar surface area (TPSA) is 94.6 Å². The maximum absolute atomic E-state index is 14.5. The minimum absolute atomic E-state index is 0.0618. The number of rotatable bonds is 4. The molecule has 3 N–H and O–H groups in total. The van der Waals surface area contributed by atoms with Crippen LogP contribution >= 0.6 is 0 Å². The molecule has 132 valence electrons. The van der Waals surface area contributed by atoms with Crippen molar-refractivity contribution in [3.8, 4) is 5.75 Å². The molecule has 0 bridgehead atoms. The fraction of sp³-hybridized carbons (Fsp3) is 0.444. The summed E-state index contributed by atoms with van der Waals surface area (Å²) in [5.41, 5.74) is 5.47. The van der Waals surface area contributed by atoms with Crippen LogP contribution in [0.25, 0.3) is 10.9 Å². The Labute approximate surface area is 143 Å². The number of pyridine rings is 1. The number of nitrogens with two attached hydrogens (primary N) is 1. The summed E-state index contributed by atoms with van der Waals surface area (Å²) < 4.78 is 22.0. The molecule has 0 radical (unpaired) electrons. The standard InChI is InChI=1S/C18H19FN2O4/c19-12-6-10-14(7-16(12)25-15-3-1-2-13(15)20)21(9-4-5-9)8-11(17(10)22)18(23)24/h6-9,13,15H,1-5,20H2,(H,23,24)/t13-,15-/m1/s1. The van der Waals surface area contributed by atoms with Crippen molar-refractivity contribution in [2.24, 2.45) is 5.73 Å². The van der Waals surface area contributed by atoms with E-state index in [4.69, 9.17) is 10.5 Å². The summed E-state index contributed by atoms with van der Waals surface area (Å²) in [6.07, 6.45) is 5.46. The molecule has 0 amide bonds. The normalized spacial score (nSPS) is 23.1. The van der Waals surface area contributed by atoms with E-state index in [-0.39, 0.29) is 34.9 Å². The number of carbonyl (C=O) groups is 1. The van der Waals surface area contributed by atoms with Gasteiger partial charge in [-0.15, -0.1) is 0 Å². The quantitative estimate of drug-likeness (QED) is 0.887. The van der Waals surface area contributed by atoms with Crippen LogP contribution in [0.15, 0.2) is 23.1 Å². The fourth-order valence-corrected chi connectivity index (χ4v) is 3.51. The Balaban J connectivity index is 1.86. The summed E-state index contributed by atoms with van der Waals surface area (Å²) >= 11 is 0. The van der Waals surface area contributed by atoms with E-state index in [1.54, 1.807) is 4.57 Å². The first kappa shape index (κ1) is 16.1. The maximum atomic E-state index is 14.5. The Morgan fingerprint density at radius 1 is 1.28 bits per heavy atom.